The normalized spacial score (nSPS) is 42.0. The van der Waals surface area contributed by atoms with E-state index in [1.807, 2.05) is 0 Å². The van der Waals surface area contributed by atoms with E-state index >= 15 is 0 Å². The Balaban J connectivity index is 1.45. The first-order valence-corrected chi connectivity index (χ1v) is 13.8. The van der Waals surface area contributed by atoms with Gasteiger partial charge in [-0.15, -0.1) is 0 Å². The monoisotopic (exact) mass is 443 g/mol. The summed E-state index contributed by atoms with van der Waals surface area (Å²) in [5.41, 5.74) is 7.93. The molecule has 4 aliphatic carbocycles. The molecule has 0 aromatic rings. The second-order valence-corrected chi connectivity index (χ2v) is 12.8. The second-order valence-electron chi connectivity index (χ2n) is 12.8. The van der Waals surface area contributed by atoms with Crippen LogP contribution < -0.4 is 5.73 Å². The van der Waals surface area contributed by atoms with Crippen LogP contribution in [0.2, 0.25) is 0 Å². The van der Waals surface area contributed by atoms with Crippen LogP contribution >= 0.6 is 0 Å². The molecule has 3 heteroatoms. The lowest BCUT2D eigenvalue weighted by atomic mass is 9.47. The maximum atomic E-state index is 11.7. The highest BCUT2D eigenvalue weighted by Crippen LogP contribution is 2.67. The van der Waals surface area contributed by atoms with Crippen molar-refractivity contribution in [2.45, 2.75) is 111 Å². The van der Waals surface area contributed by atoms with Crippen LogP contribution in [0.15, 0.2) is 11.6 Å². The van der Waals surface area contributed by atoms with Gasteiger partial charge in [0.25, 0.3) is 0 Å². The highest BCUT2D eigenvalue weighted by atomic mass is 16.5. The number of hydrogen-bond acceptors (Lipinski definition) is 3. The van der Waals surface area contributed by atoms with Crippen molar-refractivity contribution in [1.29, 1.82) is 0 Å². The molecular weight excluding hydrogens is 394 g/mol. The molecule has 0 aliphatic heterocycles. The molecule has 32 heavy (non-hydrogen) atoms. The predicted octanol–water partition coefficient (Wildman–Crippen LogP) is 6.90. The quantitative estimate of drug-likeness (QED) is 0.344. The Morgan fingerprint density at radius 1 is 1.09 bits per heavy atom. The lowest BCUT2D eigenvalue weighted by Crippen LogP contribution is -2.51. The Morgan fingerprint density at radius 2 is 1.88 bits per heavy atom. The summed E-state index contributed by atoms with van der Waals surface area (Å²) in [4.78, 5) is 11.7. The van der Waals surface area contributed by atoms with E-state index in [2.05, 4.69) is 40.7 Å². The minimum atomic E-state index is -0.249. The first-order chi connectivity index (χ1) is 15.2. The molecule has 0 radical (unpaired) electrons. The van der Waals surface area contributed by atoms with Gasteiger partial charge in [-0.1, -0.05) is 65.5 Å². The van der Waals surface area contributed by atoms with Crippen LogP contribution in [0.3, 0.4) is 0 Å². The van der Waals surface area contributed by atoms with Crippen molar-refractivity contribution in [3.8, 4) is 0 Å². The molecule has 3 saturated carbocycles. The molecule has 0 aromatic carbocycles. The van der Waals surface area contributed by atoms with Crippen LogP contribution in [0.5, 0.6) is 0 Å². The fourth-order valence-corrected chi connectivity index (χ4v) is 8.99. The molecule has 4 aliphatic rings. The lowest BCUT2D eigenvalue weighted by molar-refractivity contribution is -0.149. The van der Waals surface area contributed by atoms with Crippen molar-refractivity contribution in [3.05, 3.63) is 11.6 Å². The number of fused-ring (bicyclic) bond motifs is 5. The van der Waals surface area contributed by atoms with Gasteiger partial charge < -0.3 is 10.5 Å². The number of ether oxygens (including phenoxy) is 1. The third-order valence-electron chi connectivity index (χ3n) is 10.7. The van der Waals surface area contributed by atoms with Crippen LogP contribution in [0.25, 0.3) is 0 Å². The molecule has 0 amide bonds. The number of rotatable bonds is 7. The molecule has 3 fully saturated rings. The highest BCUT2D eigenvalue weighted by molar-refractivity contribution is 5.71. The first kappa shape index (κ1) is 24.3. The molecule has 2 N–H and O–H groups in total. The van der Waals surface area contributed by atoms with Crippen molar-refractivity contribution in [1.82, 2.24) is 0 Å². The minimum absolute atomic E-state index is 0.00512. The Bertz CT molecular complexity index is 714. The van der Waals surface area contributed by atoms with Crippen LogP contribution in [-0.2, 0) is 9.53 Å². The summed E-state index contributed by atoms with van der Waals surface area (Å²) in [5, 5.41) is 0. The largest absolute Gasteiger partial charge is 0.461 e. The van der Waals surface area contributed by atoms with Crippen molar-refractivity contribution >= 4 is 5.97 Å². The summed E-state index contributed by atoms with van der Waals surface area (Å²) in [6, 6.07) is 0. The summed E-state index contributed by atoms with van der Waals surface area (Å²) in [7, 11) is 0. The molecule has 8 atom stereocenters. The summed E-state index contributed by atoms with van der Waals surface area (Å²) in [6.07, 6.45) is 16.9. The molecule has 0 spiro atoms. The topological polar surface area (TPSA) is 52.3 Å². The maximum absolute atomic E-state index is 11.7. The van der Waals surface area contributed by atoms with E-state index in [4.69, 9.17) is 10.5 Å². The standard InChI is InChI=1S/C29H49NO2/c1-19(2)7-6-8-20(3)24-11-12-25-23-10-9-21-17-22(32-27(31)18-30)13-15-28(21,4)26(23)14-16-29(24,25)5/h9,19-20,22-26H,6-8,10-18,30H2,1-5H3/t20-,22+,23+,24?,25+,26+,28+,29-/m1/s1. The first-order valence-electron chi connectivity index (χ1n) is 13.8. The molecule has 0 saturated heterocycles. The summed E-state index contributed by atoms with van der Waals surface area (Å²) in [6.45, 7) is 12.5. The molecular formula is C29H49NO2. The van der Waals surface area contributed by atoms with Gasteiger partial charge in [-0.25, -0.2) is 0 Å². The van der Waals surface area contributed by atoms with Gasteiger partial charge >= 0.3 is 5.97 Å². The van der Waals surface area contributed by atoms with E-state index in [0.717, 1.165) is 48.3 Å². The third-order valence-corrected chi connectivity index (χ3v) is 10.7. The summed E-state index contributed by atoms with van der Waals surface area (Å²) >= 11 is 0. The zero-order chi connectivity index (χ0) is 23.1. The second kappa shape index (κ2) is 9.43. The zero-order valence-corrected chi connectivity index (χ0v) is 21.5. The van der Waals surface area contributed by atoms with Crippen LogP contribution in [0.4, 0.5) is 0 Å². The summed E-state index contributed by atoms with van der Waals surface area (Å²) < 4.78 is 5.64. The van der Waals surface area contributed by atoms with Gasteiger partial charge in [-0.05, 0) is 91.3 Å². The van der Waals surface area contributed by atoms with Gasteiger partial charge in [0.05, 0.1) is 6.54 Å². The van der Waals surface area contributed by atoms with E-state index < -0.39 is 0 Å². The molecule has 4 rings (SSSR count). The lowest BCUT2D eigenvalue weighted by Gasteiger charge is -2.58. The van der Waals surface area contributed by atoms with Gasteiger partial charge in [0.2, 0.25) is 0 Å². The van der Waals surface area contributed by atoms with Gasteiger partial charge in [0, 0.05) is 6.42 Å². The predicted molar refractivity (Wildman–Crippen MR) is 132 cm³/mol. The smallest absolute Gasteiger partial charge is 0.319 e. The molecule has 3 nitrogen and oxygen atoms in total. The zero-order valence-electron chi connectivity index (χ0n) is 21.5. The molecule has 0 aromatic heterocycles. The number of nitrogens with two attached hydrogens (primary N) is 1. The van der Waals surface area contributed by atoms with Gasteiger partial charge in [-0.2, -0.15) is 0 Å². The minimum Gasteiger partial charge on any atom is -0.461 e. The molecule has 0 heterocycles. The van der Waals surface area contributed by atoms with E-state index in [1.54, 1.807) is 5.57 Å². The Kier molecular flexibility index (Phi) is 7.16. The van der Waals surface area contributed by atoms with Crippen molar-refractivity contribution in [2.24, 2.45) is 52.1 Å². The Morgan fingerprint density at radius 3 is 2.59 bits per heavy atom. The molecule has 182 valence electrons. The van der Waals surface area contributed by atoms with E-state index in [9.17, 15) is 4.79 Å². The van der Waals surface area contributed by atoms with E-state index in [-0.39, 0.29) is 18.6 Å². The molecule has 0 bridgehead atoms. The number of carbonyl (C=O) groups excluding carboxylic acids is 1. The average Bonchev–Trinajstić information content (AvgIpc) is 3.11. The van der Waals surface area contributed by atoms with Crippen molar-refractivity contribution < 1.29 is 9.53 Å². The number of allylic oxidation sites excluding steroid dienone is 1. The SMILES string of the molecule is CC(C)CCC[C@@H](C)C1CC[C@H]2[C@@H]3CC=C4C[C@@H](OC(=O)CN)CC[C@]4(C)[C@H]3CC[C@]12C. The maximum Gasteiger partial charge on any atom is 0.319 e. The van der Waals surface area contributed by atoms with Gasteiger partial charge in [0.15, 0.2) is 0 Å². The van der Waals surface area contributed by atoms with Crippen molar-refractivity contribution in [3.63, 3.8) is 0 Å². The van der Waals surface area contributed by atoms with Crippen LogP contribution in [0, 0.1) is 46.3 Å². The van der Waals surface area contributed by atoms with Crippen LogP contribution in [0.1, 0.15) is 105 Å². The Hall–Kier alpha value is -0.830. The number of hydrogen-bond donors (Lipinski definition) is 1. The molecule has 1 unspecified atom stereocenters. The number of esters is 1. The number of carbonyl (C=O) groups is 1. The van der Waals surface area contributed by atoms with Crippen molar-refractivity contribution in [2.75, 3.05) is 6.54 Å². The average molecular weight is 444 g/mol. The Labute approximate surface area is 197 Å². The van der Waals surface area contributed by atoms with Gasteiger partial charge in [0.1, 0.15) is 6.10 Å². The van der Waals surface area contributed by atoms with Gasteiger partial charge in [-0.3, -0.25) is 4.79 Å². The fourth-order valence-electron chi connectivity index (χ4n) is 8.99. The third kappa shape index (κ3) is 4.32. The van der Waals surface area contributed by atoms with E-state index in [0.29, 0.717) is 10.8 Å². The van der Waals surface area contributed by atoms with Crippen LogP contribution in [-0.4, -0.2) is 18.6 Å². The summed E-state index contributed by atoms with van der Waals surface area (Å²) in [5.74, 6) is 4.97. The highest BCUT2D eigenvalue weighted by Gasteiger charge is 2.59. The van der Waals surface area contributed by atoms with E-state index in [1.165, 1.54) is 57.8 Å². The fraction of sp³-hybridized carbons (Fsp3) is 0.897.